The minimum atomic E-state index is -0.231. The van der Waals surface area contributed by atoms with Crippen LogP contribution in [0.2, 0.25) is 0 Å². The van der Waals surface area contributed by atoms with Gasteiger partial charge in [-0.3, -0.25) is 10.5 Å². The van der Waals surface area contributed by atoms with Crippen LogP contribution < -0.4 is 20.7 Å². The number of aromatic nitrogens is 2. The predicted octanol–water partition coefficient (Wildman–Crippen LogP) is 2.24. The number of methoxy groups -OCH3 is 2. The molecule has 114 valence electrons. The van der Waals surface area contributed by atoms with E-state index >= 15 is 0 Å². The summed E-state index contributed by atoms with van der Waals surface area (Å²) < 4.78 is 13.4. The minimum Gasteiger partial charge on any atom is -0.497 e. The highest BCUT2D eigenvalue weighted by molar-refractivity contribution is 9.10. The number of nitrogens with one attached hydrogen (secondary N) is 1. The van der Waals surface area contributed by atoms with E-state index in [1.165, 1.54) is 0 Å². The molecule has 0 saturated carbocycles. The van der Waals surface area contributed by atoms with E-state index in [1.54, 1.807) is 20.4 Å². The SMILES string of the molecule is CCn1ncc(Br)c1C(NN)c1cc(OC)cc(OC)c1. The van der Waals surface area contributed by atoms with E-state index in [0.717, 1.165) is 22.3 Å². The lowest BCUT2D eigenvalue weighted by atomic mass is 10.0. The quantitative estimate of drug-likeness (QED) is 0.614. The Kier molecular flexibility index (Phi) is 5.22. The van der Waals surface area contributed by atoms with Gasteiger partial charge in [0.2, 0.25) is 0 Å². The molecule has 0 fully saturated rings. The van der Waals surface area contributed by atoms with Gasteiger partial charge >= 0.3 is 0 Å². The number of nitrogens with two attached hydrogens (primary N) is 1. The van der Waals surface area contributed by atoms with Gasteiger partial charge in [0.1, 0.15) is 11.5 Å². The van der Waals surface area contributed by atoms with Crippen LogP contribution >= 0.6 is 15.9 Å². The largest absolute Gasteiger partial charge is 0.497 e. The van der Waals surface area contributed by atoms with Crippen LogP contribution in [0.25, 0.3) is 0 Å². The lowest BCUT2D eigenvalue weighted by Gasteiger charge is -2.20. The summed E-state index contributed by atoms with van der Waals surface area (Å²) in [6, 6.07) is 5.44. The van der Waals surface area contributed by atoms with Gasteiger partial charge in [0, 0.05) is 12.6 Å². The van der Waals surface area contributed by atoms with Crippen LogP contribution in [0.1, 0.15) is 24.2 Å². The molecule has 0 aliphatic rings. The van der Waals surface area contributed by atoms with Gasteiger partial charge in [0.05, 0.1) is 36.6 Å². The molecule has 0 radical (unpaired) electrons. The van der Waals surface area contributed by atoms with Crippen LogP contribution in [0, 0.1) is 0 Å². The minimum absolute atomic E-state index is 0.231. The summed E-state index contributed by atoms with van der Waals surface area (Å²) in [7, 11) is 3.24. The van der Waals surface area contributed by atoms with Crippen LogP contribution in [0.5, 0.6) is 11.5 Å². The van der Waals surface area contributed by atoms with Gasteiger partial charge in [-0.15, -0.1) is 0 Å². The number of rotatable bonds is 6. The molecule has 0 spiro atoms. The molecule has 7 heteroatoms. The van der Waals surface area contributed by atoms with Crippen molar-refractivity contribution in [2.75, 3.05) is 14.2 Å². The Hall–Kier alpha value is -1.57. The summed E-state index contributed by atoms with van der Waals surface area (Å²) in [5.74, 6) is 7.20. The van der Waals surface area contributed by atoms with E-state index < -0.39 is 0 Å². The van der Waals surface area contributed by atoms with E-state index in [4.69, 9.17) is 15.3 Å². The van der Waals surface area contributed by atoms with Gasteiger partial charge < -0.3 is 9.47 Å². The van der Waals surface area contributed by atoms with Crippen LogP contribution in [-0.4, -0.2) is 24.0 Å². The Balaban J connectivity index is 2.53. The second-order valence-corrected chi connectivity index (χ2v) is 5.29. The number of aryl methyl sites for hydroxylation is 1. The number of benzene rings is 1. The third-order valence-corrected chi connectivity index (χ3v) is 3.89. The third-order valence-electron chi connectivity index (χ3n) is 3.28. The number of nitrogens with zero attached hydrogens (tertiary/aromatic N) is 2. The number of hydrogen-bond acceptors (Lipinski definition) is 5. The highest BCUT2D eigenvalue weighted by Gasteiger charge is 2.21. The van der Waals surface area contributed by atoms with Crippen LogP contribution in [0.15, 0.2) is 28.9 Å². The fraction of sp³-hybridized carbons (Fsp3) is 0.357. The first-order valence-electron chi connectivity index (χ1n) is 6.54. The second kappa shape index (κ2) is 6.93. The smallest absolute Gasteiger partial charge is 0.122 e. The predicted molar refractivity (Wildman–Crippen MR) is 84.3 cm³/mol. The van der Waals surface area contributed by atoms with Gasteiger partial charge in [-0.25, -0.2) is 5.43 Å². The number of hydrogen-bond donors (Lipinski definition) is 2. The Morgan fingerprint density at radius 1 is 1.29 bits per heavy atom. The van der Waals surface area contributed by atoms with E-state index in [9.17, 15) is 0 Å². The molecular weight excluding hydrogens is 336 g/mol. The molecule has 0 saturated heterocycles. The molecule has 0 aliphatic heterocycles. The summed E-state index contributed by atoms with van der Waals surface area (Å²) in [6.07, 6.45) is 1.76. The molecule has 1 aromatic heterocycles. The highest BCUT2D eigenvalue weighted by Crippen LogP contribution is 2.32. The molecule has 2 rings (SSSR count). The topological polar surface area (TPSA) is 74.3 Å². The summed E-state index contributed by atoms with van der Waals surface area (Å²) >= 11 is 3.53. The van der Waals surface area contributed by atoms with Crippen LogP contribution in [0.4, 0.5) is 0 Å². The van der Waals surface area contributed by atoms with Crippen molar-refractivity contribution >= 4 is 15.9 Å². The molecule has 0 amide bonds. The number of ether oxygens (including phenoxy) is 2. The molecule has 3 N–H and O–H groups in total. The number of halogens is 1. The van der Waals surface area contributed by atoms with Crippen molar-refractivity contribution in [1.29, 1.82) is 0 Å². The molecule has 1 atom stereocenters. The van der Waals surface area contributed by atoms with Crippen LogP contribution in [0.3, 0.4) is 0 Å². The Morgan fingerprint density at radius 2 is 1.90 bits per heavy atom. The van der Waals surface area contributed by atoms with Crippen molar-refractivity contribution in [2.45, 2.75) is 19.5 Å². The molecule has 0 bridgehead atoms. The van der Waals surface area contributed by atoms with Crippen molar-refractivity contribution in [1.82, 2.24) is 15.2 Å². The zero-order valence-corrected chi connectivity index (χ0v) is 13.8. The van der Waals surface area contributed by atoms with Crippen molar-refractivity contribution in [3.05, 3.63) is 40.1 Å². The average Bonchev–Trinajstić information content (AvgIpc) is 2.89. The van der Waals surface area contributed by atoms with Gasteiger partial charge in [0.15, 0.2) is 0 Å². The van der Waals surface area contributed by atoms with Gasteiger partial charge in [-0.2, -0.15) is 5.10 Å². The van der Waals surface area contributed by atoms with Crippen molar-refractivity contribution in [2.24, 2.45) is 5.84 Å². The Labute approximate surface area is 132 Å². The standard InChI is InChI=1S/C14H19BrN4O2/c1-4-19-14(12(15)8-17-19)13(18-16)9-5-10(20-2)7-11(6-9)21-3/h5-8,13,18H,4,16H2,1-3H3. The monoisotopic (exact) mass is 354 g/mol. The normalized spacial score (nSPS) is 12.2. The summed E-state index contributed by atoms with van der Waals surface area (Å²) in [5, 5.41) is 4.33. The summed E-state index contributed by atoms with van der Waals surface area (Å²) in [6.45, 7) is 2.78. The maximum absolute atomic E-state index is 5.78. The molecule has 2 aromatic rings. The van der Waals surface area contributed by atoms with E-state index in [1.807, 2.05) is 29.8 Å². The maximum atomic E-state index is 5.78. The van der Waals surface area contributed by atoms with Crippen molar-refractivity contribution in [3.63, 3.8) is 0 Å². The lowest BCUT2D eigenvalue weighted by molar-refractivity contribution is 0.392. The van der Waals surface area contributed by atoms with E-state index in [-0.39, 0.29) is 6.04 Å². The van der Waals surface area contributed by atoms with Gasteiger partial charge in [-0.1, -0.05) is 0 Å². The maximum Gasteiger partial charge on any atom is 0.122 e. The molecule has 0 aliphatic carbocycles. The number of hydrazine groups is 1. The second-order valence-electron chi connectivity index (χ2n) is 4.44. The zero-order chi connectivity index (χ0) is 15.4. The molecule has 6 nitrogen and oxygen atoms in total. The summed E-state index contributed by atoms with van der Waals surface area (Å²) in [5.41, 5.74) is 4.73. The molecule has 1 aromatic carbocycles. The molecule has 1 unspecified atom stereocenters. The fourth-order valence-electron chi connectivity index (χ4n) is 2.24. The Morgan fingerprint density at radius 3 is 2.38 bits per heavy atom. The molecule has 1 heterocycles. The van der Waals surface area contributed by atoms with Crippen molar-refractivity contribution < 1.29 is 9.47 Å². The first kappa shape index (κ1) is 15.8. The average molecular weight is 355 g/mol. The third kappa shape index (κ3) is 3.20. The van der Waals surface area contributed by atoms with Gasteiger partial charge in [0.25, 0.3) is 0 Å². The van der Waals surface area contributed by atoms with Crippen LogP contribution in [-0.2, 0) is 6.54 Å². The van der Waals surface area contributed by atoms with Gasteiger partial charge in [-0.05, 0) is 40.5 Å². The summed E-state index contributed by atoms with van der Waals surface area (Å²) in [4.78, 5) is 0. The first-order chi connectivity index (χ1) is 10.1. The van der Waals surface area contributed by atoms with E-state index in [2.05, 4.69) is 26.5 Å². The van der Waals surface area contributed by atoms with Crippen molar-refractivity contribution in [3.8, 4) is 11.5 Å². The van der Waals surface area contributed by atoms with E-state index in [0.29, 0.717) is 11.5 Å². The zero-order valence-electron chi connectivity index (χ0n) is 12.3. The Bertz CT molecular complexity index is 593. The molecule has 21 heavy (non-hydrogen) atoms. The first-order valence-corrected chi connectivity index (χ1v) is 7.34. The lowest BCUT2D eigenvalue weighted by Crippen LogP contribution is -2.31. The fourth-order valence-corrected chi connectivity index (χ4v) is 2.77. The molecular formula is C14H19BrN4O2. The highest BCUT2D eigenvalue weighted by atomic mass is 79.9.